The Kier molecular flexibility index (Phi) is 12.6. The van der Waals surface area contributed by atoms with Gasteiger partial charge in [0.15, 0.2) is 0 Å². The number of rotatable bonds is 12. The first-order valence-electron chi connectivity index (χ1n) is 7.63. The Morgan fingerprint density at radius 1 is 0.895 bits per heavy atom. The van der Waals surface area contributed by atoms with Gasteiger partial charge in [0.25, 0.3) is 0 Å². The normalized spacial score (nSPS) is 10.2. The molecule has 0 atom stereocenters. The van der Waals surface area contributed by atoms with Crippen LogP contribution in [0.2, 0.25) is 0 Å². The lowest BCUT2D eigenvalue weighted by Gasteiger charge is -2.06. The summed E-state index contributed by atoms with van der Waals surface area (Å²) in [5.74, 6) is -0.186. The number of nitrogens with one attached hydrogen (secondary N) is 1. The molecule has 0 bridgehead atoms. The maximum Gasteiger partial charge on any atom is 0.307 e. The van der Waals surface area contributed by atoms with E-state index in [4.69, 9.17) is 4.74 Å². The van der Waals surface area contributed by atoms with E-state index in [2.05, 4.69) is 19.2 Å². The average molecular weight is 271 g/mol. The van der Waals surface area contributed by atoms with Crippen molar-refractivity contribution >= 4 is 11.9 Å². The van der Waals surface area contributed by atoms with Crippen molar-refractivity contribution in [1.29, 1.82) is 0 Å². The van der Waals surface area contributed by atoms with E-state index < -0.39 is 0 Å². The highest BCUT2D eigenvalue weighted by Gasteiger charge is 2.04. The molecule has 0 radical (unpaired) electrons. The molecular weight excluding hydrogens is 242 g/mol. The third kappa shape index (κ3) is 13.2. The van der Waals surface area contributed by atoms with Gasteiger partial charge in [-0.15, -0.1) is 0 Å². The molecule has 0 saturated heterocycles. The van der Waals surface area contributed by atoms with Crippen molar-refractivity contribution < 1.29 is 14.3 Å². The Labute approximate surface area is 117 Å². The van der Waals surface area contributed by atoms with Crippen LogP contribution in [0.25, 0.3) is 0 Å². The zero-order valence-electron chi connectivity index (χ0n) is 12.5. The summed E-state index contributed by atoms with van der Waals surface area (Å²) in [4.78, 5) is 22.7. The monoisotopic (exact) mass is 271 g/mol. The second kappa shape index (κ2) is 13.4. The molecule has 0 aromatic rings. The number of hydrogen-bond donors (Lipinski definition) is 1. The molecule has 4 nitrogen and oxygen atoms in total. The van der Waals surface area contributed by atoms with Gasteiger partial charge in [0.2, 0.25) is 5.91 Å². The number of unbranched alkanes of at least 4 members (excludes halogenated alkanes) is 5. The molecule has 0 rings (SSSR count). The molecule has 1 N–H and O–H groups in total. The molecule has 0 heterocycles. The molecule has 0 aliphatic heterocycles. The summed E-state index contributed by atoms with van der Waals surface area (Å²) in [5.41, 5.74) is 0. The molecule has 4 heteroatoms. The van der Waals surface area contributed by atoms with Gasteiger partial charge in [0.05, 0.1) is 13.0 Å². The van der Waals surface area contributed by atoms with Crippen molar-refractivity contribution in [3.8, 4) is 0 Å². The van der Waals surface area contributed by atoms with Crippen LogP contribution in [0, 0.1) is 0 Å². The van der Waals surface area contributed by atoms with Crippen LogP contribution in [0.5, 0.6) is 0 Å². The Morgan fingerprint density at radius 2 is 1.58 bits per heavy atom. The van der Waals surface area contributed by atoms with Crippen LogP contribution >= 0.6 is 0 Å². The fourth-order valence-corrected chi connectivity index (χ4v) is 1.68. The summed E-state index contributed by atoms with van der Waals surface area (Å²) in [5, 5.41) is 2.76. The molecule has 112 valence electrons. The summed E-state index contributed by atoms with van der Waals surface area (Å²) in [6, 6.07) is 0. The SMILES string of the molecule is CCCCCCCC(=O)NCCC(=O)OCCCC. The van der Waals surface area contributed by atoms with E-state index in [1.54, 1.807) is 0 Å². The zero-order valence-corrected chi connectivity index (χ0v) is 12.5. The van der Waals surface area contributed by atoms with Crippen LogP contribution in [0.3, 0.4) is 0 Å². The number of ether oxygens (including phenoxy) is 1. The molecule has 0 aliphatic rings. The fraction of sp³-hybridized carbons (Fsp3) is 0.867. The second-order valence-corrected chi connectivity index (χ2v) is 4.84. The van der Waals surface area contributed by atoms with Crippen molar-refractivity contribution in [2.45, 2.75) is 71.6 Å². The maximum atomic E-state index is 11.5. The van der Waals surface area contributed by atoms with E-state index in [0.717, 1.165) is 25.7 Å². The van der Waals surface area contributed by atoms with Crippen LogP contribution in [0.15, 0.2) is 0 Å². The van der Waals surface area contributed by atoms with Crippen LogP contribution in [-0.4, -0.2) is 25.0 Å². The van der Waals surface area contributed by atoms with E-state index in [1.165, 1.54) is 19.3 Å². The summed E-state index contributed by atoms with van der Waals surface area (Å²) in [6.07, 6.45) is 8.45. The van der Waals surface area contributed by atoms with Gasteiger partial charge in [-0.2, -0.15) is 0 Å². The third-order valence-electron chi connectivity index (χ3n) is 2.92. The molecular formula is C15H29NO3. The van der Waals surface area contributed by atoms with Gasteiger partial charge in [-0.05, 0) is 12.8 Å². The predicted octanol–water partition coefficient (Wildman–Crippen LogP) is 3.20. The number of esters is 1. The van der Waals surface area contributed by atoms with Gasteiger partial charge >= 0.3 is 5.97 Å². The van der Waals surface area contributed by atoms with E-state index in [0.29, 0.717) is 19.6 Å². The summed E-state index contributed by atoms with van der Waals surface area (Å²) in [6.45, 7) is 5.10. The minimum Gasteiger partial charge on any atom is -0.466 e. The Balaban J connectivity index is 3.34. The first-order chi connectivity index (χ1) is 9.20. The highest BCUT2D eigenvalue weighted by molar-refractivity contribution is 5.76. The van der Waals surface area contributed by atoms with Crippen LogP contribution in [0.1, 0.15) is 71.6 Å². The van der Waals surface area contributed by atoms with Crippen molar-refractivity contribution in [3.63, 3.8) is 0 Å². The Morgan fingerprint density at radius 3 is 2.26 bits per heavy atom. The van der Waals surface area contributed by atoms with Gasteiger partial charge in [0, 0.05) is 13.0 Å². The second-order valence-electron chi connectivity index (χ2n) is 4.84. The maximum absolute atomic E-state index is 11.5. The van der Waals surface area contributed by atoms with Gasteiger partial charge in [-0.25, -0.2) is 0 Å². The molecule has 0 spiro atoms. The van der Waals surface area contributed by atoms with Crippen molar-refractivity contribution in [2.75, 3.05) is 13.2 Å². The molecule has 0 saturated carbocycles. The van der Waals surface area contributed by atoms with Gasteiger partial charge in [-0.1, -0.05) is 46.0 Å². The largest absolute Gasteiger partial charge is 0.466 e. The van der Waals surface area contributed by atoms with Gasteiger partial charge in [0.1, 0.15) is 0 Å². The molecule has 0 aromatic carbocycles. The van der Waals surface area contributed by atoms with Crippen LogP contribution < -0.4 is 5.32 Å². The lowest BCUT2D eigenvalue weighted by Crippen LogP contribution is -2.26. The molecule has 0 aliphatic carbocycles. The average Bonchev–Trinajstić information content (AvgIpc) is 2.39. The number of carbonyl (C=O) groups is 2. The van der Waals surface area contributed by atoms with Gasteiger partial charge < -0.3 is 10.1 Å². The van der Waals surface area contributed by atoms with Gasteiger partial charge in [-0.3, -0.25) is 9.59 Å². The minimum atomic E-state index is -0.225. The number of hydrogen-bond acceptors (Lipinski definition) is 3. The lowest BCUT2D eigenvalue weighted by atomic mass is 10.1. The van der Waals surface area contributed by atoms with Crippen molar-refractivity contribution in [2.24, 2.45) is 0 Å². The molecule has 1 amide bonds. The predicted molar refractivity (Wildman–Crippen MR) is 76.9 cm³/mol. The van der Waals surface area contributed by atoms with Crippen molar-refractivity contribution in [3.05, 3.63) is 0 Å². The van der Waals surface area contributed by atoms with Crippen molar-refractivity contribution in [1.82, 2.24) is 5.32 Å². The molecule has 0 fully saturated rings. The van der Waals surface area contributed by atoms with Crippen LogP contribution in [-0.2, 0) is 14.3 Å². The number of amides is 1. The van der Waals surface area contributed by atoms with E-state index in [-0.39, 0.29) is 18.3 Å². The fourth-order valence-electron chi connectivity index (χ4n) is 1.68. The Bertz CT molecular complexity index is 242. The first kappa shape index (κ1) is 17.9. The van der Waals surface area contributed by atoms with E-state index >= 15 is 0 Å². The molecule has 0 aromatic heterocycles. The minimum absolute atomic E-state index is 0.0397. The molecule has 0 unspecified atom stereocenters. The smallest absolute Gasteiger partial charge is 0.307 e. The van der Waals surface area contributed by atoms with E-state index in [1.807, 2.05) is 0 Å². The highest BCUT2D eigenvalue weighted by Crippen LogP contribution is 2.04. The quantitative estimate of drug-likeness (QED) is 0.438. The Hall–Kier alpha value is -1.06. The standard InChI is InChI=1S/C15H29NO3/c1-3-5-7-8-9-10-14(17)16-12-11-15(18)19-13-6-4-2/h3-13H2,1-2H3,(H,16,17). The zero-order chi connectivity index (χ0) is 14.3. The topological polar surface area (TPSA) is 55.4 Å². The van der Waals surface area contributed by atoms with E-state index in [9.17, 15) is 9.59 Å². The first-order valence-corrected chi connectivity index (χ1v) is 7.63. The summed E-state index contributed by atoms with van der Waals surface area (Å²) in [7, 11) is 0. The van der Waals surface area contributed by atoms with Crippen LogP contribution in [0.4, 0.5) is 0 Å². The highest BCUT2D eigenvalue weighted by atomic mass is 16.5. The summed E-state index contributed by atoms with van der Waals surface area (Å²) < 4.78 is 5.00. The third-order valence-corrected chi connectivity index (χ3v) is 2.92. The lowest BCUT2D eigenvalue weighted by molar-refractivity contribution is -0.143. The molecule has 19 heavy (non-hydrogen) atoms. The number of carbonyl (C=O) groups excluding carboxylic acids is 2. The summed E-state index contributed by atoms with van der Waals surface area (Å²) >= 11 is 0.